The van der Waals surface area contributed by atoms with E-state index in [1.807, 2.05) is 0 Å². The summed E-state index contributed by atoms with van der Waals surface area (Å²) in [7, 11) is 0. The number of rotatable bonds is 5. The fourth-order valence-electron chi connectivity index (χ4n) is 2.03. The van der Waals surface area contributed by atoms with Crippen molar-refractivity contribution in [2.45, 2.75) is 52.1 Å². The molecule has 0 atom stereocenters. The van der Waals surface area contributed by atoms with Crippen LogP contribution in [0.4, 0.5) is 0 Å². The second kappa shape index (κ2) is 6.41. The fraction of sp³-hybridized carbons (Fsp3) is 1.00. The van der Waals surface area contributed by atoms with Gasteiger partial charge in [-0.25, -0.2) is 0 Å². The molecule has 0 amide bonds. The van der Waals surface area contributed by atoms with E-state index in [0.717, 1.165) is 31.8 Å². The third-order valence-corrected chi connectivity index (χ3v) is 3.06. The molecular formula is C12H25NO. The summed E-state index contributed by atoms with van der Waals surface area (Å²) >= 11 is 0. The highest BCUT2D eigenvalue weighted by atomic mass is 16.3. The zero-order valence-electron chi connectivity index (χ0n) is 9.71. The van der Waals surface area contributed by atoms with Gasteiger partial charge in [-0.05, 0) is 31.7 Å². The van der Waals surface area contributed by atoms with Crippen molar-refractivity contribution in [2.24, 2.45) is 5.92 Å². The van der Waals surface area contributed by atoms with Gasteiger partial charge in [-0.1, -0.05) is 26.7 Å². The quantitative estimate of drug-likeness (QED) is 0.687. The average molecular weight is 199 g/mol. The molecule has 0 spiro atoms. The van der Waals surface area contributed by atoms with Crippen LogP contribution in [-0.4, -0.2) is 35.7 Å². The van der Waals surface area contributed by atoms with Crippen molar-refractivity contribution in [3.8, 4) is 0 Å². The van der Waals surface area contributed by atoms with Gasteiger partial charge in [0.15, 0.2) is 0 Å². The minimum Gasteiger partial charge on any atom is -0.393 e. The molecule has 1 aliphatic rings. The molecule has 0 aromatic rings. The molecule has 0 bridgehead atoms. The van der Waals surface area contributed by atoms with Crippen molar-refractivity contribution in [3.05, 3.63) is 0 Å². The lowest BCUT2D eigenvalue weighted by molar-refractivity contribution is 0.0816. The maximum absolute atomic E-state index is 9.34. The first-order valence-corrected chi connectivity index (χ1v) is 6.09. The Morgan fingerprint density at radius 1 is 1.21 bits per heavy atom. The van der Waals surface area contributed by atoms with E-state index in [0.29, 0.717) is 0 Å². The van der Waals surface area contributed by atoms with Crippen molar-refractivity contribution in [3.63, 3.8) is 0 Å². The molecule has 0 aromatic heterocycles. The van der Waals surface area contributed by atoms with Gasteiger partial charge in [-0.15, -0.1) is 0 Å². The third kappa shape index (κ3) is 4.97. The molecule has 0 radical (unpaired) electrons. The largest absolute Gasteiger partial charge is 0.393 e. The number of hydrogen-bond donors (Lipinski definition) is 1. The van der Waals surface area contributed by atoms with E-state index in [2.05, 4.69) is 18.7 Å². The van der Waals surface area contributed by atoms with Crippen molar-refractivity contribution in [2.75, 3.05) is 19.6 Å². The second-order valence-corrected chi connectivity index (χ2v) is 4.96. The molecule has 1 fully saturated rings. The minimum absolute atomic E-state index is 0.0260. The van der Waals surface area contributed by atoms with Crippen molar-refractivity contribution in [1.29, 1.82) is 0 Å². The summed E-state index contributed by atoms with van der Waals surface area (Å²) in [6.45, 7) is 8.01. The molecule has 84 valence electrons. The third-order valence-electron chi connectivity index (χ3n) is 3.06. The number of aliphatic hydroxyl groups is 1. The lowest BCUT2D eigenvalue weighted by Gasteiger charge is -2.29. The normalized spacial score (nSPS) is 20.6. The van der Waals surface area contributed by atoms with Gasteiger partial charge >= 0.3 is 0 Å². The highest BCUT2D eigenvalue weighted by molar-refractivity contribution is 4.70. The van der Waals surface area contributed by atoms with E-state index < -0.39 is 0 Å². The summed E-state index contributed by atoms with van der Waals surface area (Å²) < 4.78 is 0. The van der Waals surface area contributed by atoms with Crippen molar-refractivity contribution in [1.82, 2.24) is 4.90 Å². The van der Waals surface area contributed by atoms with Crippen LogP contribution in [0.15, 0.2) is 0 Å². The highest BCUT2D eigenvalue weighted by Crippen LogP contribution is 2.12. The van der Waals surface area contributed by atoms with Crippen LogP contribution >= 0.6 is 0 Å². The lowest BCUT2D eigenvalue weighted by Crippen LogP contribution is -2.36. The lowest BCUT2D eigenvalue weighted by atomic mass is 10.0. The number of unbranched alkanes of at least 4 members (excludes halogenated alkanes) is 1. The predicted octanol–water partition coefficient (Wildman–Crippen LogP) is 2.27. The second-order valence-electron chi connectivity index (χ2n) is 4.96. The van der Waals surface area contributed by atoms with E-state index in [1.54, 1.807) is 0 Å². The molecule has 1 saturated heterocycles. The number of nitrogens with zero attached hydrogens (tertiary/aromatic N) is 1. The average Bonchev–Trinajstić information content (AvgIpc) is 2.15. The van der Waals surface area contributed by atoms with Gasteiger partial charge in [0.05, 0.1) is 6.10 Å². The number of piperidine rings is 1. The van der Waals surface area contributed by atoms with Crippen LogP contribution in [-0.2, 0) is 0 Å². The first-order chi connectivity index (χ1) is 6.68. The van der Waals surface area contributed by atoms with Gasteiger partial charge < -0.3 is 10.0 Å². The SMILES string of the molecule is CC(C)CCCCN1CCC(O)CC1. The molecule has 0 saturated carbocycles. The molecule has 1 N–H and O–H groups in total. The van der Waals surface area contributed by atoms with Crippen molar-refractivity contribution < 1.29 is 5.11 Å². The summed E-state index contributed by atoms with van der Waals surface area (Å²) in [5, 5.41) is 9.34. The van der Waals surface area contributed by atoms with Gasteiger partial charge in [0.25, 0.3) is 0 Å². The summed E-state index contributed by atoms with van der Waals surface area (Å²) in [6, 6.07) is 0. The Balaban J connectivity index is 1.96. The first kappa shape index (κ1) is 12.0. The van der Waals surface area contributed by atoms with E-state index in [4.69, 9.17) is 0 Å². The van der Waals surface area contributed by atoms with Crippen LogP contribution in [0.25, 0.3) is 0 Å². The van der Waals surface area contributed by atoms with Crippen LogP contribution in [0.5, 0.6) is 0 Å². The monoisotopic (exact) mass is 199 g/mol. The van der Waals surface area contributed by atoms with Crippen LogP contribution in [0.2, 0.25) is 0 Å². The number of hydrogen-bond acceptors (Lipinski definition) is 2. The first-order valence-electron chi connectivity index (χ1n) is 6.09. The van der Waals surface area contributed by atoms with Gasteiger partial charge in [0.2, 0.25) is 0 Å². The predicted molar refractivity (Wildman–Crippen MR) is 60.4 cm³/mol. The van der Waals surface area contributed by atoms with Gasteiger partial charge in [0.1, 0.15) is 0 Å². The van der Waals surface area contributed by atoms with Crippen LogP contribution in [0, 0.1) is 5.92 Å². The van der Waals surface area contributed by atoms with E-state index in [-0.39, 0.29) is 6.10 Å². The van der Waals surface area contributed by atoms with Crippen LogP contribution in [0.3, 0.4) is 0 Å². The van der Waals surface area contributed by atoms with Gasteiger partial charge in [-0.2, -0.15) is 0 Å². The summed E-state index contributed by atoms with van der Waals surface area (Å²) in [6.07, 6.45) is 5.97. The maximum atomic E-state index is 9.34. The molecule has 0 aliphatic carbocycles. The van der Waals surface area contributed by atoms with E-state index >= 15 is 0 Å². The standard InChI is InChI=1S/C12H25NO/c1-11(2)5-3-4-8-13-9-6-12(14)7-10-13/h11-12,14H,3-10H2,1-2H3. The van der Waals surface area contributed by atoms with E-state index in [9.17, 15) is 5.11 Å². The molecule has 2 heteroatoms. The Labute approximate surface area is 88.3 Å². The smallest absolute Gasteiger partial charge is 0.0564 e. The van der Waals surface area contributed by atoms with Gasteiger partial charge in [-0.3, -0.25) is 0 Å². The molecule has 2 nitrogen and oxygen atoms in total. The van der Waals surface area contributed by atoms with Crippen LogP contribution < -0.4 is 0 Å². The molecule has 1 rings (SSSR count). The summed E-state index contributed by atoms with van der Waals surface area (Å²) in [4.78, 5) is 2.49. The summed E-state index contributed by atoms with van der Waals surface area (Å²) in [5.74, 6) is 0.846. The van der Waals surface area contributed by atoms with Crippen LogP contribution in [0.1, 0.15) is 46.0 Å². The number of likely N-dealkylation sites (tertiary alicyclic amines) is 1. The van der Waals surface area contributed by atoms with E-state index in [1.165, 1.54) is 25.8 Å². The summed E-state index contributed by atoms with van der Waals surface area (Å²) in [5.41, 5.74) is 0. The highest BCUT2D eigenvalue weighted by Gasteiger charge is 2.15. The zero-order chi connectivity index (χ0) is 10.4. The molecule has 1 aliphatic heterocycles. The Morgan fingerprint density at radius 2 is 1.86 bits per heavy atom. The number of aliphatic hydroxyl groups excluding tert-OH is 1. The Morgan fingerprint density at radius 3 is 2.43 bits per heavy atom. The molecule has 1 heterocycles. The fourth-order valence-corrected chi connectivity index (χ4v) is 2.03. The molecule has 14 heavy (non-hydrogen) atoms. The zero-order valence-corrected chi connectivity index (χ0v) is 9.71. The van der Waals surface area contributed by atoms with Gasteiger partial charge in [0, 0.05) is 13.1 Å². The molecular weight excluding hydrogens is 174 g/mol. The topological polar surface area (TPSA) is 23.5 Å². The molecule has 0 unspecified atom stereocenters. The molecule has 0 aromatic carbocycles. The Hall–Kier alpha value is -0.0800. The van der Waals surface area contributed by atoms with Crippen molar-refractivity contribution >= 4 is 0 Å². The Kier molecular flexibility index (Phi) is 5.49. The minimum atomic E-state index is -0.0260. The Bertz CT molecular complexity index is 139. The maximum Gasteiger partial charge on any atom is 0.0564 e.